The number of para-hydroxylation sites is 1. The molecule has 1 N–H and O–H groups in total. The van der Waals surface area contributed by atoms with Crippen molar-refractivity contribution in [3.05, 3.63) is 105 Å². The minimum atomic E-state index is -0.291. The van der Waals surface area contributed by atoms with Crippen molar-refractivity contribution in [1.29, 1.82) is 0 Å². The van der Waals surface area contributed by atoms with Crippen LogP contribution in [0.1, 0.15) is 55.6 Å². The summed E-state index contributed by atoms with van der Waals surface area (Å²) in [6, 6.07) is 21.0. The molecule has 3 heterocycles. The highest BCUT2D eigenvalue weighted by molar-refractivity contribution is 6.33. The second-order valence-electron chi connectivity index (χ2n) is 10.6. The molecule has 0 aliphatic carbocycles. The molecule has 1 aliphatic rings. The van der Waals surface area contributed by atoms with Gasteiger partial charge in [0.1, 0.15) is 0 Å². The number of aromatic amines is 1. The Morgan fingerprint density at radius 3 is 2.39 bits per heavy atom. The summed E-state index contributed by atoms with van der Waals surface area (Å²) in [5.41, 5.74) is 10.5. The fourth-order valence-electron chi connectivity index (χ4n) is 5.97. The van der Waals surface area contributed by atoms with Gasteiger partial charge in [0.15, 0.2) is 0 Å². The van der Waals surface area contributed by atoms with Crippen molar-refractivity contribution in [3.8, 4) is 16.9 Å². The summed E-state index contributed by atoms with van der Waals surface area (Å²) in [7, 11) is 0. The zero-order valence-corrected chi connectivity index (χ0v) is 23.8. The molecule has 0 saturated heterocycles. The lowest BCUT2D eigenvalue weighted by Gasteiger charge is -2.32. The molecule has 3 aromatic carbocycles. The molecule has 0 amide bonds. The first-order valence-electron chi connectivity index (χ1n) is 13.3. The van der Waals surface area contributed by atoms with E-state index in [1.807, 2.05) is 24.4 Å². The van der Waals surface area contributed by atoms with Crippen molar-refractivity contribution in [2.24, 2.45) is 0 Å². The first-order valence-corrected chi connectivity index (χ1v) is 14.1. The molecule has 4 nitrogen and oxygen atoms in total. The monoisotopic (exact) mass is 542 g/mol. The normalized spacial score (nSPS) is 14.9. The van der Waals surface area contributed by atoms with Crippen LogP contribution in [-0.2, 0) is 31.5 Å². The van der Waals surface area contributed by atoms with Gasteiger partial charge in [0.2, 0.25) is 0 Å². The average molecular weight is 544 g/mol. The quantitative estimate of drug-likeness (QED) is 0.233. The molecule has 0 fully saturated rings. The smallest absolute Gasteiger partial charge is 0.0878 e. The van der Waals surface area contributed by atoms with E-state index in [1.165, 1.54) is 39.0 Å². The number of fused-ring (bicyclic) bond motifs is 2. The van der Waals surface area contributed by atoms with Crippen LogP contribution in [-0.4, -0.2) is 19.7 Å². The number of aryl methyl sites for hydroxylation is 2. The van der Waals surface area contributed by atoms with Crippen LogP contribution in [0.4, 0.5) is 0 Å². The van der Waals surface area contributed by atoms with Crippen LogP contribution in [0.3, 0.4) is 0 Å². The fraction of sp³-hybridized carbons (Fsp3) is 0.281. The van der Waals surface area contributed by atoms with Gasteiger partial charge >= 0.3 is 0 Å². The number of hydrogen-bond donors (Lipinski definition) is 1. The molecule has 0 unspecified atom stereocenters. The van der Waals surface area contributed by atoms with Gasteiger partial charge in [-0.05, 0) is 73.7 Å². The highest BCUT2D eigenvalue weighted by Crippen LogP contribution is 2.46. The topological polar surface area (TPSA) is 36.9 Å². The third kappa shape index (κ3) is 3.98. The molecule has 1 aliphatic heterocycles. The molecule has 0 atom stereocenters. The van der Waals surface area contributed by atoms with E-state index >= 15 is 0 Å². The van der Waals surface area contributed by atoms with Gasteiger partial charge in [-0.2, -0.15) is 5.10 Å². The van der Waals surface area contributed by atoms with E-state index in [4.69, 9.17) is 28.3 Å². The van der Waals surface area contributed by atoms with Gasteiger partial charge in [-0.1, -0.05) is 67.4 Å². The van der Waals surface area contributed by atoms with Crippen molar-refractivity contribution in [3.63, 3.8) is 0 Å². The number of nitrogens with one attached hydrogen (secondary N) is 1. The Morgan fingerprint density at radius 2 is 1.66 bits per heavy atom. The number of aromatic nitrogens is 3. The van der Waals surface area contributed by atoms with Crippen LogP contribution in [0.5, 0.6) is 0 Å². The van der Waals surface area contributed by atoms with E-state index in [2.05, 4.69) is 84.7 Å². The molecule has 2 aromatic heterocycles. The summed E-state index contributed by atoms with van der Waals surface area (Å²) in [4.78, 5) is 5.85. The van der Waals surface area contributed by atoms with E-state index in [0.717, 1.165) is 41.2 Å². The number of halogens is 2. The molecule has 0 bridgehead atoms. The Hall–Kier alpha value is -3.05. The van der Waals surface area contributed by atoms with Crippen LogP contribution in [0.25, 0.3) is 27.8 Å². The first kappa shape index (κ1) is 25.2. The molecule has 38 heavy (non-hydrogen) atoms. The zero-order valence-electron chi connectivity index (χ0n) is 22.3. The lowest BCUT2D eigenvalue weighted by atomic mass is 9.97. The standard InChI is InChI=1S/C32H32Cl2N4/c1-5-20-9-7-10-21(6-2)29(20)38-30(25-11-8-12-28-24(25)15-16-35-28)26-19-37(32(3,4)31(26)36-38)18-22-17-23(33)13-14-27(22)34/h7-17,35H,5-6,18-19H2,1-4H3. The maximum absolute atomic E-state index is 6.60. The molecule has 0 saturated carbocycles. The lowest BCUT2D eigenvalue weighted by Crippen LogP contribution is -2.36. The molecule has 5 aromatic rings. The maximum Gasteiger partial charge on any atom is 0.0878 e. The zero-order chi connectivity index (χ0) is 26.6. The van der Waals surface area contributed by atoms with Crippen LogP contribution in [0.2, 0.25) is 10.0 Å². The molecule has 0 spiro atoms. The number of benzene rings is 3. The van der Waals surface area contributed by atoms with Gasteiger partial charge in [0.05, 0.1) is 22.6 Å². The van der Waals surface area contributed by atoms with Gasteiger partial charge < -0.3 is 4.98 Å². The largest absolute Gasteiger partial charge is 0.361 e. The van der Waals surface area contributed by atoms with Gasteiger partial charge in [-0.3, -0.25) is 4.90 Å². The number of hydrogen-bond acceptors (Lipinski definition) is 2. The van der Waals surface area contributed by atoms with E-state index in [9.17, 15) is 0 Å². The van der Waals surface area contributed by atoms with E-state index < -0.39 is 0 Å². The first-order chi connectivity index (χ1) is 18.3. The second kappa shape index (κ2) is 9.60. The number of nitrogens with zero attached hydrogens (tertiary/aromatic N) is 3. The molecule has 6 rings (SSSR count). The molecular weight excluding hydrogens is 511 g/mol. The van der Waals surface area contributed by atoms with Crippen molar-refractivity contribution in [1.82, 2.24) is 19.7 Å². The summed E-state index contributed by atoms with van der Waals surface area (Å²) in [5.74, 6) is 0. The van der Waals surface area contributed by atoms with Crippen molar-refractivity contribution >= 4 is 34.1 Å². The summed E-state index contributed by atoms with van der Waals surface area (Å²) >= 11 is 12.9. The SMILES string of the molecule is CCc1cccc(CC)c1-n1nc2c(c1-c1cccc3[nH]ccc13)CN(Cc1cc(Cl)ccc1Cl)C2(C)C. The molecule has 6 heteroatoms. The molecule has 194 valence electrons. The Balaban J connectivity index is 1.58. The predicted molar refractivity (Wildman–Crippen MR) is 158 cm³/mol. The third-order valence-corrected chi connectivity index (χ3v) is 8.70. The minimum absolute atomic E-state index is 0.291. The number of H-pyrrole nitrogens is 1. The van der Waals surface area contributed by atoms with Gasteiger partial charge in [0.25, 0.3) is 0 Å². The van der Waals surface area contributed by atoms with Gasteiger partial charge in [-0.15, -0.1) is 0 Å². The number of rotatable bonds is 6. The van der Waals surface area contributed by atoms with Crippen molar-refractivity contribution < 1.29 is 0 Å². The second-order valence-corrected chi connectivity index (χ2v) is 11.5. The Kier molecular flexibility index (Phi) is 6.38. The predicted octanol–water partition coefficient (Wildman–Crippen LogP) is 8.70. The third-order valence-electron chi connectivity index (χ3n) is 8.10. The lowest BCUT2D eigenvalue weighted by molar-refractivity contribution is 0.123. The summed E-state index contributed by atoms with van der Waals surface area (Å²) < 4.78 is 2.25. The average Bonchev–Trinajstić information content (AvgIpc) is 3.60. The highest BCUT2D eigenvalue weighted by Gasteiger charge is 2.43. The maximum atomic E-state index is 6.60. The van der Waals surface area contributed by atoms with Crippen LogP contribution in [0, 0.1) is 0 Å². The Bertz CT molecular complexity index is 1640. The van der Waals surface area contributed by atoms with Crippen LogP contribution < -0.4 is 0 Å². The van der Waals surface area contributed by atoms with Crippen LogP contribution >= 0.6 is 23.2 Å². The molecule has 0 radical (unpaired) electrons. The summed E-state index contributed by atoms with van der Waals surface area (Å²) in [5, 5.41) is 8.08. The van der Waals surface area contributed by atoms with Crippen LogP contribution in [0.15, 0.2) is 66.9 Å². The molecular formula is C32H32Cl2N4. The summed E-state index contributed by atoms with van der Waals surface area (Å²) in [6.07, 6.45) is 3.92. The van der Waals surface area contributed by atoms with E-state index in [-0.39, 0.29) is 5.54 Å². The van der Waals surface area contributed by atoms with Gasteiger partial charge in [-0.25, -0.2) is 4.68 Å². The van der Waals surface area contributed by atoms with Crippen molar-refractivity contribution in [2.75, 3.05) is 0 Å². The minimum Gasteiger partial charge on any atom is -0.361 e. The highest BCUT2D eigenvalue weighted by atomic mass is 35.5. The Labute approximate surface area is 234 Å². The Morgan fingerprint density at radius 1 is 0.921 bits per heavy atom. The van der Waals surface area contributed by atoms with Gasteiger partial charge in [0, 0.05) is 51.4 Å². The fourth-order valence-corrected chi connectivity index (χ4v) is 6.34. The van der Waals surface area contributed by atoms with Crippen molar-refractivity contribution in [2.45, 2.75) is 59.2 Å². The van der Waals surface area contributed by atoms with E-state index in [1.54, 1.807) is 0 Å². The summed E-state index contributed by atoms with van der Waals surface area (Å²) in [6.45, 7) is 10.5. The van der Waals surface area contributed by atoms with E-state index in [0.29, 0.717) is 11.6 Å².